The van der Waals surface area contributed by atoms with Gasteiger partial charge in [-0.2, -0.15) is 0 Å². The number of guanidine groups is 1. The average molecular weight is 322 g/mol. The highest BCUT2D eigenvalue weighted by Gasteiger charge is 2.42. The second-order valence-electron chi connectivity index (χ2n) is 6.32. The van der Waals surface area contributed by atoms with E-state index in [9.17, 15) is 0 Å². The zero-order chi connectivity index (χ0) is 15.4. The van der Waals surface area contributed by atoms with Crippen molar-refractivity contribution < 1.29 is 4.74 Å². The summed E-state index contributed by atoms with van der Waals surface area (Å²) in [5.74, 6) is 1.01. The van der Waals surface area contributed by atoms with Crippen LogP contribution in [0.2, 0.25) is 5.02 Å². The molecule has 2 fully saturated rings. The van der Waals surface area contributed by atoms with E-state index in [1.165, 1.54) is 18.4 Å². The fourth-order valence-electron chi connectivity index (χ4n) is 3.39. The minimum atomic E-state index is 0.369. The Kier molecular flexibility index (Phi) is 4.89. The van der Waals surface area contributed by atoms with Gasteiger partial charge in [-0.15, -0.1) is 0 Å². The predicted octanol–water partition coefficient (Wildman–Crippen LogP) is 2.57. The smallest absolute Gasteiger partial charge is 0.193 e. The van der Waals surface area contributed by atoms with Crippen molar-refractivity contribution in [3.8, 4) is 0 Å². The van der Waals surface area contributed by atoms with Gasteiger partial charge in [0.15, 0.2) is 5.96 Å². The van der Waals surface area contributed by atoms with Crippen molar-refractivity contribution in [2.75, 3.05) is 39.9 Å². The van der Waals surface area contributed by atoms with E-state index < -0.39 is 0 Å². The first-order valence-corrected chi connectivity index (χ1v) is 8.36. The lowest BCUT2D eigenvalue weighted by Gasteiger charge is -2.25. The van der Waals surface area contributed by atoms with Crippen LogP contribution in [-0.4, -0.2) is 50.8 Å². The molecule has 0 aromatic heterocycles. The summed E-state index contributed by atoms with van der Waals surface area (Å²) < 4.78 is 5.59. The van der Waals surface area contributed by atoms with Gasteiger partial charge in [0, 0.05) is 43.7 Å². The Morgan fingerprint density at radius 1 is 1.36 bits per heavy atom. The molecule has 0 aliphatic carbocycles. The summed E-state index contributed by atoms with van der Waals surface area (Å²) in [7, 11) is 1.86. The van der Waals surface area contributed by atoms with Gasteiger partial charge in [0.05, 0.1) is 6.61 Å². The number of halogens is 1. The van der Waals surface area contributed by atoms with Gasteiger partial charge in [-0.3, -0.25) is 4.99 Å². The minimum Gasteiger partial charge on any atom is -0.381 e. The summed E-state index contributed by atoms with van der Waals surface area (Å²) in [5, 5.41) is 4.27. The van der Waals surface area contributed by atoms with Crippen LogP contribution in [0.1, 0.15) is 18.4 Å². The normalized spacial score (nSPS) is 25.2. The van der Waals surface area contributed by atoms with Gasteiger partial charge in [-0.1, -0.05) is 23.7 Å². The average Bonchev–Trinajstić information content (AvgIpc) is 3.16. The Labute approximate surface area is 137 Å². The van der Waals surface area contributed by atoms with Crippen molar-refractivity contribution >= 4 is 17.6 Å². The third kappa shape index (κ3) is 3.55. The monoisotopic (exact) mass is 321 g/mol. The van der Waals surface area contributed by atoms with Gasteiger partial charge in [-0.05, 0) is 37.0 Å². The summed E-state index contributed by atoms with van der Waals surface area (Å²) in [6.45, 7) is 4.84. The Balaban J connectivity index is 1.49. The van der Waals surface area contributed by atoms with Crippen LogP contribution in [0.15, 0.2) is 29.3 Å². The highest BCUT2D eigenvalue weighted by Crippen LogP contribution is 2.38. The second-order valence-corrected chi connectivity index (χ2v) is 6.76. The molecule has 4 nitrogen and oxygen atoms in total. The topological polar surface area (TPSA) is 36.9 Å². The van der Waals surface area contributed by atoms with E-state index in [1.54, 1.807) is 0 Å². The molecule has 0 bridgehead atoms. The minimum absolute atomic E-state index is 0.369. The molecule has 1 N–H and O–H groups in total. The maximum Gasteiger partial charge on any atom is 0.193 e. The van der Waals surface area contributed by atoms with Crippen LogP contribution in [-0.2, 0) is 11.2 Å². The van der Waals surface area contributed by atoms with Crippen molar-refractivity contribution in [2.24, 2.45) is 10.4 Å². The van der Waals surface area contributed by atoms with E-state index in [0.29, 0.717) is 5.41 Å². The molecule has 1 atom stereocenters. The zero-order valence-electron chi connectivity index (χ0n) is 13.1. The number of hydrogen-bond donors (Lipinski definition) is 1. The molecule has 0 amide bonds. The number of benzene rings is 1. The third-order valence-electron chi connectivity index (χ3n) is 4.74. The summed E-state index contributed by atoms with van der Waals surface area (Å²) in [6, 6.07) is 8.03. The molecule has 0 saturated carbocycles. The van der Waals surface area contributed by atoms with Crippen LogP contribution in [0.25, 0.3) is 0 Å². The molecule has 3 rings (SSSR count). The number of nitrogens with zero attached hydrogens (tertiary/aromatic N) is 2. The van der Waals surface area contributed by atoms with E-state index in [1.807, 2.05) is 19.2 Å². The fourth-order valence-corrected chi connectivity index (χ4v) is 3.52. The number of aliphatic imine (C=N–C) groups is 1. The van der Waals surface area contributed by atoms with Gasteiger partial charge < -0.3 is 15.0 Å². The lowest BCUT2D eigenvalue weighted by Crippen LogP contribution is -2.42. The van der Waals surface area contributed by atoms with Gasteiger partial charge in [0.2, 0.25) is 0 Å². The van der Waals surface area contributed by atoms with Crippen molar-refractivity contribution in [3.63, 3.8) is 0 Å². The van der Waals surface area contributed by atoms with E-state index >= 15 is 0 Å². The third-order valence-corrected chi connectivity index (χ3v) is 5.00. The molecule has 2 aliphatic rings. The standard InChI is InChI=1S/C17H24ClN3O/c1-19-16(20-9-6-14-2-4-15(18)5-3-14)21-10-7-17(12-21)8-11-22-13-17/h2-5H,6-13H2,1H3,(H,19,20). The highest BCUT2D eigenvalue weighted by molar-refractivity contribution is 6.30. The van der Waals surface area contributed by atoms with Crippen LogP contribution in [0.3, 0.4) is 0 Å². The first kappa shape index (κ1) is 15.6. The summed E-state index contributed by atoms with van der Waals surface area (Å²) >= 11 is 5.91. The summed E-state index contributed by atoms with van der Waals surface area (Å²) in [5.41, 5.74) is 1.66. The molecule has 2 heterocycles. The largest absolute Gasteiger partial charge is 0.381 e. The number of hydrogen-bond acceptors (Lipinski definition) is 2. The maximum atomic E-state index is 5.91. The maximum absolute atomic E-state index is 5.91. The SMILES string of the molecule is CN=C(NCCc1ccc(Cl)cc1)N1CCC2(CCOC2)C1. The van der Waals surface area contributed by atoms with E-state index in [2.05, 4.69) is 27.3 Å². The van der Waals surface area contributed by atoms with Crippen molar-refractivity contribution in [1.29, 1.82) is 0 Å². The Bertz CT molecular complexity index is 523. The molecule has 1 unspecified atom stereocenters. The molecular weight excluding hydrogens is 298 g/mol. The van der Waals surface area contributed by atoms with Gasteiger partial charge >= 0.3 is 0 Å². The fraction of sp³-hybridized carbons (Fsp3) is 0.588. The number of ether oxygens (including phenoxy) is 1. The van der Waals surface area contributed by atoms with Crippen LogP contribution in [0.5, 0.6) is 0 Å². The van der Waals surface area contributed by atoms with Crippen molar-refractivity contribution in [1.82, 2.24) is 10.2 Å². The molecule has 2 aliphatic heterocycles. The molecule has 0 radical (unpaired) electrons. The molecule has 22 heavy (non-hydrogen) atoms. The number of nitrogens with one attached hydrogen (secondary N) is 1. The van der Waals surface area contributed by atoms with Crippen LogP contribution >= 0.6 is 11.6 Å². The Morgan fingerprint density at radius 3 is 2.86 bits per heavy atom. The number of rotatable bonds is 3. The predicted molar refractivity (Wildman–Crippen MR) is 90.6 cm³/mol. The van der Waals surface area contributed by atoms with E-state index in [-0.39, 0.29) is 0 Å². The Morgan fingerprint density at radius 2 is 2.18 bits per heavy atom. The first-order valence-electron chi connectivity index (χ1n) is 7.99. The summed E-state index contributed by atoms with van der Waals surface area (Å²) in [6.07, 6.45) is 3.37. The lowest BCUT2D eigenvalue weighted by atomic mass is 9.87. The number of likely N-dealkylation sites (tertiary alicyclic amines) is 1. The summed E-state index contributed by atoms with van der Waals surface area (Å²) in [4.78, 5) is 6.81. The molecule has 5 heteroatoms. The van der Waals surface area contributed by atoms with Gasteiger partial charge in [0.25, 0.3) is 0 Å². The Hall–Kier alpha value is -1.26. The van der Waals surface area contributed by atoms with Gasteiger partial charge in [0.1, 0.15) is 0 Å². The van der Waals surface area contributed by atoms with Crippen molar-refractivity contribution in [2.45, 2.75) is 19.3 Å². The molecule has 1 spiro atoms. The first-order chi connectivity index (χ1) is 10.7. The van der Waals surface area contributed by atoms with Crippen LogP contribution in [0, 0.1) is 5.41 Å². The lowest BCUT2D eigenvalue weighted by molar-refractivity contribution is 0.156. The molecular formula is C17H24ClN3O. The van der Waals surface area contributed by atoms with E-state index in [4.69, 9.17) is 16.3 Å². The second kappa shape index (κ2) is 6.88. The highest BCUT2D eigenvalue weighted by atomic mass is 35.5. The van der Waals surface area contributed by atoms with Crippen LogP contribution in [0.4, 0.5) is 0 Å². The zero-order valence-corrected chi connectivity index (χ0v) is 13.9. The molecule has 1 aromatic carbocycles. The molecule has 1 aromatic rings. The molecule has 2 saturated heterocycles. The van der Waals surface area contributed by atoms with Crippen LogP contribution < -0.4 is 5.32 Å². The van der Waals surface area contributed by atoms with Gasteiger partial charge in [-0.25, -0.2) is 0 Å². The van der Waals surface area contributed by atoms with Crippen molar-refractivity contribution in [3.05, 3.63) is 34.9 Å². The quantitative estimate of drug-likeness (QED) is 0.686. The van der Waals surface area contributed by atoms with E-state index in [0.717, 1.165) is 50.3 Å². The molecule has 120 valence electrons.